The van der Waals surface area contributed by atoms with E-state index in [0.29, 0.717) is 18.8 Å². The third-order valence-electron chi connectivity index (χ3n) is 4.31. The molecule has 2 fully saturated rings. The number of aromatic nitrogens is 2. The highest BCUT2D eigenvalue weighted by Crippen LogP contribution is 2.30. The first kappa shape index (κ1) is 15.3. The van der Waals surface area contributed by atoms with Crippen LogP contribution in [-0.4, -0.2) is 56.5 Å². The standard InChI is InChI=1S/C14H20N4O3S/c1-14(2)13(20)16-10(7-22-14)12(19)18-5-3-9(4-6-18)11-15-8-21-17-11/h8-10H,3-7H2,1-2H3,(H,16,20)/t10-/m1/s1. The summed E-state index contributed by atoms with van der Waals surface area (Å²) in [7, 11) is 0. The van der Waals surface area contributed by atoms with Crippen molar-refractivity contribution in [3.05, 3.63) is 12.2 Å². The summed E-state index contributed by atoms with van der Waals surface area (Å²) in [6.45, 7) is 5.09. The number of hydrogen-bond acceptors (Lipinski definition) is 6. The molecule has 0 aromatic carbocycles. The zero-order chi connectivity index (χ0) is 15.7. The quantitative estimate of drug-likeness (QED) is 0.865. The summed E-state index contributed by atoms with van der Waals surface area (Å²) in [5.41, 5.74) is 0. The third kappa shape index (κ3) is 2.97. The Labute approximate surface area is 133 Å². The summed E-state index contributed by atoms with van der Waals surface area (Å²) in [6.07, 6.45) is 2.98. The van der Waals surface area contributed by atoms with Crippen LogP contribution in [0.1, 0.15) is 38.4 Å². The van der Waals surface area contributed by atoms with Crippen molar-refractivity contribution < 1.29 is 14.1 Å². The lowest BCUT2D eigenvalue weighted by Crippen LogP contribution is -2.58. The molecule has 8 heteroatoms. The largest absolute Gasteiger partial charge is 0.343 e. The summed E-state index contributed by atoms with van der Waals surface area (Å²) < 4.78 is 4.32. The average molecular weight is 324 g/mol. The zero-order valence-electron chi connectivity index (χ0n) is 12.7. The Balaban J connectivity index is 1.55. The number of amides is 2. The molecule has 1 N–H and O–H groups in total. The normalized spacial score (nSPS) is 25.8. The van der Waals surface area contributed by atoms with E-state index in [9.17, 15) is 9.59 Å². The van der Waals surface area contributed by atoms with Gasteiger partial charge in [-0.15, -0.1) is 11.8 Å². The van der Waals surface area contributed by atoms with Crippen molar-refractivity contribution in [3.8, 4) is 0 Å². The van der Waals surface area contributed by atoms with E-state index in [4.69, 9.17) is 4.52 Å². The van der Waals surface area contributed by atoms with E-state index >= 15 is 0 Å². The first-order chi connectivity index (χ1) is 10.5. The van der Waals surface area contributed by atoms with E-state index in [1.807, 2.05) is 18.7 Å². The average Bonchev–Trinajstić information content (AvgIpc) is 3.04. The minimum absolute atomic E-state index is 0.0166. The number of piperidine rings is 1. The Kier molecular flexibility index (Phi) is 4.12. The number of carbonyl (C=O) groups excluding carboxylic acids is 2. The van der Waals surface area contributed by atoms with Crippen molar-refractivity contribution in [1.82, 2.24) is 20.4 Å². The number of nitrogens with zero attached hydrogens (tertiary/aromatic N) is 3. The molecule has 0 aliphatic carbocycles. The van der Waals surface area contributed by atoms with Gasteiger partial charge in [0.05, 0.1) is 4.75 Å². The Morgan fingerprint density at radius 3 is 2.77 bits per heavy atom. The monoisotopic (exact) mass is 324 g/mol. The van der Waals surface area contributed by atoms with Gasteiger partial charge in [-0.25, -0.2) is 0 Å². The van der Waals surface area contributed by atoms with Gasteiger partial charge in [-0.2, -0.15) is 4.98 Å². The molecule has 2 aliphatic rings. The van der Waals surface area contributed by atoms with Crippen LogP contribution in [0.2, 0.25) is 0 Å². The first-order valence-electron chi connectivity index (χ1n) is 7.47. The molecule has 7 nitrogen and oxygen atoms in total. The molecule has 0 spiro atoms. The fourth-order valence-corrected chi connectivity index (χ4v) is 3.80. The molecule has 2 aliphatic heterocycles. The molecule has 2 amide bonds. The molecule has 0 bridgehead atoms. The van der Waals surface area contributed by atoms with Crippen LogP contribution in [-0.2, 0) is 9.59 Å². The highest BCUT2D eigenvalue weighted by Gasteiger charge is 2.39. The smallest absolute Gasteiger partial charge is 0.246 e. The second-order valence-electron chi connectivity index (χ2n) is 6.24. The molecule has 2 saturated heterocycles. The number of nitrogens with one attached hydrogen (secondary N) is 1. The summed E-state index contributed by atoms with van der Waals surface area (Å²) in [5.74, 6) is 1.54. The van der Waals surface area contributed by atoms with E-state index in [2.05, 4.69) is 15.5 Å². The number of likely N-dealkylation sites (tertiary alicyclic amines) is 1. The molecule has 1 aromatic heterocycles. The third-order valence-corrected chi connectivity index (χ3v) is 5.72. The van der Waals surface area contributed by atoms with Gasteiger partial charge in [-0.1, -0.05) is 5.16 Å². The maximum absolute atomic E-state index is 12.6. The van der Waals surface area contributed by atoms with Crippen molar-refractivity contribution in [2.75, 3.05) is 18.8 Å². The van der Waals surface area contributed by atoms with Gasteiger partial charge in [0.2, 0.25) is 18.2 Å². The molecule has 0 saturated carbocycles. The molecule has 1 aromatic rings. The maximum Gasteiger partial charge on any atom is 0.246 e. The molecule has 3 rings (SSSR count). The van der Waals surface area contributed by atoms with E-state index in [0.717, 1.165) is 18.7 Å². The number of thioether (sulfide) groups is 1. The summed E-state index contributed by atoms with van der Waals surface area (Å²) in [6, 6.07) is -0.410. The van der Waals surface area contributed by atoms with Gasteiger partial charge in [0.25, 0.3) is 0 Å². The number of rotatable bonds is 2. The zero-order valence-corrected chi connectivity index (χ0v) is 13.6. The van der Waals surface area contributed by atoms with Gasteiger partial charge >= 0.3 is 0 Å². The van der Waals surface area contributed by atoms with Gasteiger partial charge in [0, 0.05) is 24.8 Å². The number of hydrogen-bond donors (Lipinski definition) is 1. The minimum Gasteiger partial charge on any atom is -0.343 e. The van der Waals surface area contributed by atoms with Crippen molar-refractivity contribution in [1.29, 1.82) is 0 Å². The van der Waals surface area contributed by atoms with Crippen LogP contribution >= 0.6 is 11.8 Å². The van der Waals surface area contributed by atoms with Gasteiger partial charge in [0.15, 0.2) is 5.82 Å². The van der Waals surface area contributed by atoms with Crippen LogP contribution in [0.4, 0.5) is 0 Å². The Hall–Kier alpha value is -1.57. The fourth-order valence-electron chi connectivity index (χ4n) is 2.80. The molecular formula is C14H20N4O3S. The molecule has 0 radical (unpaired) electrons. The van der Waals surface area contributed by atoms with Gasteiger partial charge < -0.3 is 14.7 Å². The van der Waals surface area contributed by atoms with Crippen LogP contribution in [0.3, 0.4) is 0 Å². The van der Waals surface area contributed by atoms with Crippen molar-refractivity contribution in [2.24, 2.45) is 0 Å². The second kappa shape index (κ2) is 5.91. The lowest BCUT2D eigenvalue weighted by molar-refractivity contribution is -0.137. The fraction of sp³-hybridized carbons (Fsp3) is 0.714. The summed E-state index contributed by atoms with van der Waals surface area (Å²) in [4.78, 5) is 30.5. The Morgan fingerprint density at radius 1 is 1.45 bits per heavy atom. The molecule has 0 unspecified atom stereocenters. The van der Waals surface area contributed by atoms with Crippen molar-refractivity contribution in [3.63, 3.8) is 0 Å². The summed E-state index contributed by atoms with van der Waals surface area (Å²) in [5, 5.41) is 6.73. The second-order valence-corrected chi connectivity index (χ2v) is 7.88. The lowest BCUT2D eigenvalue weighted by atomic mass is 9.96. The van der Waals surface area contributed by atoms with Crippen molar-refractivity contribution >= 4 is 23.6 Å². The van der Waals surface area contributed by atoms with Crippen LogP contribution < -0.4 is 5.32 Å². The topological polar surface area (TPSA) is 88.3 Å². The van der Waals surface area contributed by atoms with Crippen LogP contribution in [0, 0.1) is 0 Å². The highest BCUT2D eigenvalue weighted by molar-refractivity contribution is 8.01. The maximum atomic E-state index is 12.6. The van der Waals surface area contributed by atoms with E-state index < -0.39 is 10.8 Å². The predicted octanol–water partition coefficient (Wildman–Crippen LogP) is 0.786. The Morgan fingerprint density at radius 2 is 2.18 bits per heavy atom. The van der Waals surface area contributed by atoms with Crippen LogP contribution in [0.15, 0.2) is 10.9 Å². The predicted molar refractivity (Wildman–Crippen MR) is 81.3 cm³/mol. The molecule has 1 atom stereocenters. The first-order valence-corrected chi connectivity index (χ1v) is 8.46. The van der Waals surface area contributed by atoms with Crippen LogP contribution in [0.5, 0.6) is 0 Å². The molecule has 3 heterocycles. The minimum atomic E-state index is -0.456. The molecule has 22 heavy (non-hydrogen) atoms. The van der Waals surface area contributed by atoms with Gasteiger partial charge in [-0.05, 0) is 26.7 Å². The lowest BCUT2D eigenvalue weighted by Gasteiger charge is -2.37. The van der Waals surface area contributed by atoms with Crippen molar-refractivity contribution in [2.45, 2.75) is 43.4 Å². The van der Waals surface area contributed by atoms with Gasteiger partial charge in [-0.3, -0.25) is 9.59 Å². The highest BCUT2D eigenvalue weighted by atomic mass is 32.2. The molecular weight excluding hydrogens is 304 g/mol. The van der Waals surface area contributed by atoms with E-state index in [-0.39, 0.29) is 17.7 Å². The van der Waals surface area contributed by atoms with Crippen LogP contribution in [0.25, 0.3) is 0 Å². The Bertz CT molecular complexity index is 552. The van der Waals surface area contributed by atoms with Gasteiger partial charge in [0.1, 0.15) is 6.04 Å². The van der Waals surface area contributed by atoms with E-state index in [1.54, 1.807) is 0 Å². The summed E-state index contributed by atoms with van der Waals surface area (Å²) >= 11 is 1.54. The number of carbonyl (C=O) groups is 2. The molecule has 120 valence electrons. The SMILES string of the molecule is CC1(C)SC[C@H](C(=O)N2CCC(c3ncon3)CC2)NC1=O. The van der Waals surface area contributed by atoms with E-state index in [1.165, 1.54) is 18.2 Å².